The summed E-state index contributed by atoms with van der Waals surface area (Å²) in [6.45, 7) is -1.17. The van der Waals surface area contributed by atoms with E-state index in [0.29, 0.717) is 0 Å². The van der Waals surface area contributed by atoms with E-state index in [1.807, 2.05) is 0 Å². The van der Waals surface area contributed by atoms with Crippen molar-refractivity contribution >= 4 is 0 Å². The average molecular weight is 312 g/mol. The van der Waals surface area contributed by atoms with Crippen LogP contribution in [0.15, 0.2) is 0 Å². The van der Waals surface area contributed by atoms with Gasteiger partial charge in [0.05, 0.1) is 13.2 Å². The molecule has 0 spiro atoms. The van der Waals surface area contributed by atoms with Crippen LogP contribution in [0.1, 0.15) is 0 Å². The normalized spacial score (nSPS) is 51.3. The lowest BCUT2D eigenvalue weighted by Crippen LogP contribution is -2.60. The lowest BCUT2D eigenvalue weighted by atomic mass is 9.99. The lowest BCUT2D eigenvalue weighted by molar-refractivity contribution is -0.341. The van der Waals surface area contributed by atoms with Crippen LogP contribution in [0, 0.1) is 0 Å². The van der Waals surface area contributed by atoms with Crippen LogP contribution >= 0.6 is 0 Å². The van der Waals surface area contributed by atoms with Crippen molar-refractivity contribution in [3.8, 4) is 0 Å². The van der Waals surface area contributed by atoms with E-state index in [-0.39, 0.29) is 0 Å². The highest BCUT2D eigenvalue weighted by molar-refractivity contribution is 4.91. The molecule has 0 bridgehead atoms. The van der Waals surface area contributed by atoms with Crippen LogP contribution in [-0.2, 0) is 14.2 Å². The predicted octanol–water partition coefficient (Wildman–Crippen LogP) is -4.76. The van der Waals surface area contributed by atoms with Gasteiger partial charge in [0.2, 0.25) is 0 Å². The third kappa shape index (κ3) is 3.19. The summed E-state index contributed by atoms with van der Waals surface area (Å²) in [6.07, 6.45) is -12.8. The molecule has 124 valence electrons. The standard InChI is InChI=1S/C11H20O10/c12-1-3-5(14)7(16)9(18)11(19-3)21-10-8(17)6(15)4(2-13)20-10/h3-18H,1-2H2/t3-,4-,5+,6+,7+,8-,9-,10?,11-/m1/s1. The van der Waals surface area contributed by atoms with Gasteiger partial charge in [-0.3, -0.25) is 0 Å². The number of aliphatic hydroxyl groups is 7. The van der Waals surface area contributed by atoms with Gasteiger partial charge in [-0.1, -0.05) is 0 Å². The molecule has 0 aromatic rings. The van der Waals surface area contributed by atoms with Crippen LogP contribution in [0.2, 0.25) is 0 Å². The minimum atomic E-state index is -1.65. The van der Waals surface area contributed by atoms with Gasteiger partial charge in [0.1, 0.15) is 42.7 Å². The van der Waals surface area contributed by atoms with Crippen LogP contribution in [-0.4, -0.2) is 104 Å². The fraction of sp³-hybridized carbons (Fsp3) is 1.00. The highest BCUT2D eigenvalue weighted by Gasteiger charge is 2.49. The molecule has 2 aliphatic heterocycles. The molecule has 0 amide bonds. The molecule has 0 aromatic heterocycles. The quantitative estimate of drug-likeness (QED) is 0.267. The summed E-state index contributed by atoms with van der Waals surface area (Å²) < 4.78 is 15.3. The molecule has 1 unspecified atom stereocenters. The second-order valence-corrected chi connectivity index (χ2v) is 5.04. The zero-order chi connectivity index (χ0) is 15.7. The van der Waals surface area contributed by atoms with Crippen molar-refractivity contribution in [1.82, 2.24) is 0 Å². The Labute approximate surface area is 119 Å². The Balaban J connectivity index is 2.01. The summed E-state index contributed by atoms with van der Waals surface area (Å²) in [5.41, 5.74) is 0. The molecule has 10 heteroatoms. The van der Waals surface area contributed by atoms with Crippen molar-refractivity contribution in [2.45, 2.75) is 55.3 Å². The molecule has 0 aliphatic carbocycles. The maximum Gasteiger partial charge on any atom is 0.189 e. The Morgan fingerprint density at radius 3 is 1.43 bits per heavy atom. The van der Waals surface area contributed by atoms with Crippen molar-refractivity contribution < 1.29 is 50.0 Å². The Kier molecular flexibility index (Phi) is 5.48. The summed E-state index contributed by atoms with van der Waals surface area (Å²) in [5, 5.41) is 66.2. The Bertz CT molecular complexity index is 339. The molecule has 0 radical (unpaired) electrons. The first-order chi connectivity index (χ1) is 9.90. The summed E-state index contributed by atoms with van der Waals surface area (Å²) in [4.78, 5) is 0. The van der Waals surface area contributed by atoms with E-state index in [0.717, 1.165) is 0 Å². The van der Waals surface area contributed by atoms with Gasteiger partial charge in [-0.25, -0.2) is 0 Å². The molecule has 2 aliphatic rings. The first-order valence-corrected chi connectivity index (χ1v) is 6.49. The number of hydrogen-bond acceptors (Lipinski definition) is 10. The summed E-state index contributed by atoms with van der Waals surface area (Å²) in [7, 11) is 0. The van der Waals surface area contributed by atoms with Crippen molar-refractivity contribution in [2.75, 3.05) is 13.2 Å². The second kappa shape index (κ2) is 6.79. The molecule has 2 fully saturated rings. The first kappa shape index (κ1) is 17.0. The third-order valence-corrected chi connectivity index (χ3v) is 3.62. The minimum absolute atomic E-state index is 0.549. The van der Waals surface area contributed by atoms with Crippen LogP contribution in [0.25, 0.3) is 0 Å². The Hall–Kier alpha value is -0.400. The molecule has 21 heavy (non-hydrogen) atoms. The fourth-order valence-corrected chi connectivity index (χ4v) is 2.29. The Morgan fingerprint density at radius 1 is 0.619 bits per heavy atom. The van der Waals surface area contributed by atoms with Crippen molar-refractivity contribution in [3.63, 3.8) is 0 Å². The molecule has 9 atom stereocenters. The first-order valence-electron chi connectivity index (χ1n) is 6.49. The Morgan fingerprint density at radius 2 is 1.00 bits per heavy atom. The van der Waals surface area contributed by atoms with E-state index >= 15 is 0 Å². The van der Waals surface area contributed by atoms with Gasteiger partial charge in [-0.2, -0.15) is 0 Å². The SMILES string of the molecule is OC[C@H]1O[C@H](OC2O[C@H](CO)[C@H](O)[C@H]2O)[C@H](O)[C@@H](O)[C@H]1O. The smallest absolute Gasteiger partial charge is 0.189 e. The van der Waals surface area contributed by atoms with E-state index in [2.05, 4.69) is 0 Å². The zero-order valence-corrected chi connectivity index (χ0v) is 11.0. The van der Waals surface area contributed by atoms with Crippen molar-refractivity contribution in [3.05, 3.63) is 0 Å². The molecule has 0 aromatic carbocycles. The van der Waals surface area contributed by atoms with Crippen molar-refractivity contribution in [1.29, 1.82) is 0 Å². The largest absolute Gasteiger partial charge is 0.394 e. The van der Waals surface area contributed by atoms with Crippen LogP contribution in [0.3, 0.4) is 0 Å². The van der Waals surface area contributed by atoms with Gasteiger partial charge in [0.15, 0.2) is 12.6 Å². The van der Waals surface area contributed by atoms with E-state index in [1.54, 1.807) is 0 Å². The molecular formula is C11H20O10. The van der Waals surface area contributed by atoms with Gasteiger partial charge in [-0.05, 0) is 0 Å². The molecule has 2 saturated heterocycles. The number of ether oxygens (including phenoxy) is 3. The van der Waals surface area contributed by atoms with Gasteiger partial charge in [0, 0.05) is 0 Å². The molecule has 2 rings (SSSR count). The molecule has 0 saturated carbocycles. The summed E-state index contributed by atoms with van der Waals surface area (Å²) in [5.74, 6) is 0. The highest BCUT2D eigenvalue weighted by atomic mass is 16.8. The van der Waals surface area contributed by atoms with E-state index in [1.165, 1.54) is 0 Å². The summed E-state index contributed by atoms with van der Waals surface area (Å²) >= 11 is 0. The van der Waals surface area contributed by atoms with Crippen LogP contribution < -0.4 is 0 Å². The molecule has 7 N–H and O–H groups in total. The molecule has 2 heterocycles. The molecular weight excluding hydrogens is 292 g/mol. The van der Waals surface area contributed by atoms with Gasteiger partial charge in [0.25, 0.3) is 0 Å². The van der Waals surface area contributed by atoms with E-state index < -0.39 is 68.5 Å². The van der Waals surface area contributed by atoms with E-state index in [9.17, 15) is 25.5 Å². The monoisotopic (exact) mass is 312 g/mol. The van der Waals surface area contributed by atoms with Gasteiger partial charge < -0.3 is 50.0 Å². The van der Waals surface area contributed by atoms with Crippen LogP contribution in [0.5, 0.6) is 0 Å². The number of rotatable bonds is 4. The number of aliphatic hydroxyl groups excluding tert-OH is 7. The predicted molar refractivity (Wildman–Crippen MR) is 62.6 cm³/mol. The van der Waals surface area contributed by atoms with Crippen LogP contribution in [0.4, 0.5) is 0 Å². The number of hydrogen-bond donors (Lipinski definition) is 7. The van der Waals surface area contributed by atoms with Gasteiger partial charge in [-0.15, -0.1) is 0 Å². The third-order valence-electron chi connectivity index (χ3n) is 3.62. The molecule has 10 nitrogen and oxygen atoms in total. The van der Waals surface area contributed by atoms with Crippen molar-refractivity contribution in [2.24, 2.45) is 0 Å². The zero-order valence-electron chi connectivity index (χ0n) is 11.0. The highest BCUT2D eigenvalue weighted by Crippen LogP contribution is 2.28. The topological polar surface area (TPSA) is 169 Å². The summed E-state index contributed by atoms with van der Waals surface area (Å²) in [6, 6.07) is 0. The maximum atomic E-state index is 9.77. The maximum absolute atomic E-state index is 9.77. The minimum Gasteiger partial charge on any atom is -0.394 e. The second-order valence-electron chi connectivity index (χ2n) is 5.04. The fourth-order valence-electron chi connectivity index (χ4n) is 2.29. The lowest BCUT2D eigenvalue weighted by Gasteiger charge is -2.40. The average Bonchev–Trinajstić information content (AvgIpc) is 2.75. The van der Waals surface area contributed by atoms with E-state index in [4.69, 9.17) is 24.4 Å². The van der Waals surface area contributed by atoms with Gasteiger partial charge >= 0.3 is 0 Å².